The van der Waals surface area contributed by atoms with Gasteiger partial charge < -0.3 is 10.1 Å². The molecule has 5 heteroatoms. The summed E-state index contributed by atoms with van der Waals surface area (Å²) in [5, 5.41) is 9.85. The molecule has 0 aromatic carbocycles. The Kier molecular flexibility index (Phi) is 3.47. The van der Waals surface area contributed by atoms with Crippen molar-refractivity contribution >= 4 is 5.91 Å². The van der Waals surface area contributed by atoms with Crippen LogP contribution in [-0.4, -0.2) is 34.9 Å². The summed E-state index contributed by atoms with van der Waals surface area (Å²) in [4.78, 5) is 12.0. The van der Waals surface area contributed by atoms with E-state index >= 15 is 0 Å². The van der Waals surface area contributed by atoms with Gasteiger partial charge in [0.25, 0.3) is 5.91 Å². The van der Waals surface area contributed by atoms with E-state index in [4.69, 9.17) is 4.74 Å². The molecule has 0 aliphatic heterocycles. The molecule has 1 aromatic rings. The number of rotatable bonds is 4. The predicted octanol–water partition coefficient (Wildman–Crippen LogP) is 1.32. The fraction of sp³-hybridized carbons (Fsp3) is 0.667. The molecule has 17 heavy (non-hydrogen) atoms. The van der Waals surface area contributed by atoms with E-state index in [1.54, 1.807) is 0 Å². The first-order valence-electron chi connectivity index (χ1n) is 6.05. The standard InChI is InChI=1S/C12H19N3O2/c1-4-17-10-5-9(6-10)13-12(16)11-7(2)14-15-8(11)3/h9-10H,4-6H2,1-3H3,(H,13,16)(H,14,15). The lowest BCUT2D eigenvalue weighted by Gasteiger charge is -2.35. The van der Waals surface area contributed by atoms with E-state index in [0.717, 1.165) is 30.8 Å². The van der Waals surface area contributed by atoms with Crippen molar-refractivity contribution in [3.8, 4) is 0 Å². The molecule has 0 unspecified atom stereocenters. The number of ether oxygens (including phenoxy) is 1. The van der Waals surface area contributed by atoms with Gasteiger partial charge in [-0.1, -0.05) is 0 Å². The van der Waals surface area contributed by atoms with Gasteiger partial charge in [0.2, 0.25) is 0 Å². The van der Waals surface area contributed by atoms with Crippen molar-refractivity contribution in [1.82, 2.24) is 15.5 Å². The first-order valence-corrected chi connectivity index (χ1v) is 6.05. The van der Waals surface area contributed by atoms with E-state index < -0.39 is 0 Å². The molecule has 1 heterocycles. The number of aromatic nitrogens is 2. The zero-order valence-corrected chi connectivity index (χ0v) is 10.5. The van der Waals surface area contributed by atoms with Gasteiger partial charge in [-0.3, -0.25) is 9.89 Å². The molecule has 0 atom stereocenters. The minimum Gasteiger partial charge on any atom is -0.378 e. The average molecular weight is 237 g/mol. The maximum absolute atomic E-state index is 12.0. The number of nitrogens with zero attached hydrogens (tertiary/aromatic N) is 1. The Morgan fingerprint density at radius 2 is 2.24 bits per heavy atom. The monoisotopic (exact) mass is 237 g/mol. The second kappa shape index (κ2) is 4.87. The van der Waals surface area contributed by atoms with Crippen molar-refractivity contribution in [2.24, 2.45) is 0 Å². The van der Waals surface area contributed by atoms with E-state index in [2.05, 4.69) is 15.5 Å². The molecule has 0 bridgehead atoms. The van der Waals surface area contributed by atoms with Gasteiger partial charge in [-0.05, 0) is 33.6 Å². The fourth-order valence-electron chi connectivity index (χ4n) is 2.20. The van der Waals surface area contributed by atoms with Crippen molar-refractivity contribution < 1.29 is 9.53 Å². The second-order valence-electron chi connectivity index (χ2n) is 4.53. The summed E-state index contributed by atoms with van der Waals surface area (Å²) in [6, 6.07) is 0.243. The summed E-state index contributed by atoms with van der Waals surface area (Å²) in [6.45, 7) is 6.43. The molecular formula is C12H19N3O2. The predicted molar refractivity (Wildman–Crippen MR) is 64.0 cm³/mol. The van der Waals surface area contributed by atoms with E-state index in [1.165, 1.54) is 0 Å². The van der Waals surface area contributed by atoms with Gasteiger partial charge in [0.15, 0.2) is 0 Å². The van der Waals surface area contributed by atoms with Crippen molar-refractivity contribution in [2.45, 2.75) is 45.8 Å². The molecular weight excluding hydrogens is 218 g/mol. The third kappa shape index (κ3) is 2.49. The summed E-state index contributed by atoms with van der Waals surface area (Å²) in [6.07, 6.45) is 2.14. The Morgan fingerprint density at radius 1 is 1.53 bits per heavy atom. The lowest BCUT2D eigenvalue weighted by atomic mass is 9.89. The number of hydrogen-bond donors (Lipinski definition) is 2. The number of aromatic amines is 1. The molecule has 1 fully saturated rings. The Balaban J connectivity index is 1.87. The van der Waals surface area contributed by atoms with Crippen molar-refractivity contribution in [3.63, 3.8) is 0 Å². The first kappa shape index (κ1) is 12.1. The quantitative estimate of drug-likeness (QED) is 0.830. The number of nitrogens with one attached hydrogen (secondary N) is 2. The largest absolute Gasteiger partial charge is 0.378 e. The lowest BCUT2D eigenvalue weighted by Crippen LogP contribution is -2.48. The van der Waals surface area contributed by atoms with Crippen LogP contribution in [0.3, 0.4) is 0 Å². The van der Waals surface area contributed by atoms with Crippen LogP contribution in [0.5, 0.6) is 0 Å². The summed E-state index contributed by atoms with van der Waals surface area (Å²) in [5.74, 6) is -0.0336. The molecule has 1 saturated carbocycles. The van der Waals surface area contributed by atoms with Crippen LogP contribution in [0.25, 0.3) is 0 Å². The van der Waals surface area contributed by atoms with Gasteiger partial charge in [0, 0.05) is 18.3 Å². The molecule has 1 aliphatic carbocycles. The maximum Gasteiger partial charge on any atom is 0.255 e. The molecule has 94 valence electrons. The number of carbonyl (C=O) groups is 1. The SMILES string of the molecule is CCOC1CC(NC(=O)c2c(C)n[nH]c2C)C1. The summed E-state index contributed by atoms with van der Waals surface area (Å²) in [7, 11) is 0. The third-order valence-corrected chi connectivity index (χ3v) is 3.19. The van der Waals surface area contributed by atoms with Crippen LogP contribution < -0.4 is 5.32 Å². The van der Waals surface area contributed by atoms with Crippen LogP contribution >= 0.6 is 0 Å². The van der Waals surface area contributed by atoms with Gasteiger partial charge >= 0.3 is 0 Å². The van der Waals surface area contributed by atoms with Crippen LogP contribution in [-0.2, 0) is 4.74 Å². The molecule has 1 aromatic heterocycles. The van der Waals surface area contributed by atoms with E-state index in [-0.39, 0.29) is 11.9 Å². The Hall–Kier alpha value is -1.36. The molecule has 0 spiro atoms. The van der Waals surface area contributed by atoms with Crippen LogP contribution in [0.4, 0.5) is 0 Å². The van der Waals surface area contributed by atoms with Gasteiger partial charge in [-0.2, -0.15) is 5.10 Å². The first-order chi connectivity index (χ1) is 8.11. The molecule has 1 aliphatic rings. The minimum atomic E-state index is -0.0336. The zero-order chi connectivity index (χ0) is 12.4. The number of H-pyrrole nitrogens is 1. The molecule has 1 amide bonds. The topological polar surface area (TPSA) is 67.0 Å². The van der Waals surface area contributed by atoms with E-state index in [1.807, 2.05) is 20.8 Å². The highest BCUT2D eigenvalue weighted by Crippen LogP contribution is 2.23. The van der Waals surface area contributed by atoms with Crippen LogP contribution in [0, 0.1) is 13.8 Å². The van der Waals surface area contributed by atoms with Crippen LogP contribution in [0.15, 0.2) is 0 Å². The lowest BCUT2D eigenvalue weighted by molar-refractivity contribution is -0.00863. The number of carbonyl (C=O) groups excluding carboxylic acids is 1. The van der Waals surface area contributed by atoms with Gasteiger partial charge in [0.1, 0.15) is 0 Å². The smallest absolute Gasteiger partial charge is 0.255 e. The average Bonchev–Trinajstić information content (AvgIpc) is 2.55. The van der Waals surface area contributed by atoms with E-state index in [0.29, 0.717) is 11.7 Å². The number of amides is 1. The normalized spacial score (nSPS) is 23.2. The molecule has 2 rings (SSSR count). The summed E-state index contributed by atoms with van der Waals surface area (Å²) in [5.41, 5.74) is 2.24. The number of aryl methyl sites for hydroxylation is 2. The minimum absolute atomic E-state index is 0.0336. The van der Waals surface area contributed by atoms with Crippen LogP contribution in [0.2, 0.25) is 0 Å². The van der Waals surface area contributed by atoms with Gasteiger partial charge in [0.05, 0.1) is 17.4 Å². The molecule has 5 nitrogen and oxygen atoms in total. The zero-order valence-electron chi connectivity index (χ0n) is 10.5. The van der Waals surface area contributed by atoms with E-state index in [9.17, 15) is 4.79 Å². The molecule has 2 N–H and O–H groups in total. The highest BCUT2D eigenvalue weighted by atomic mass is 16.5. The highest BCUT2D eigenvalue weighted by molar-refractivity contribution is 5.96. The van der Waals surface area contributed by atoms with Crippen molar-refractivity contribution in [2.75, 3.05) is 6.61 Å². The molecule has 0 saturated heterocycles. The van der Waals surface area contributed by atoms with Gasteiger partial charge in [-0.15, -0.1) is 0 Å². The summed E-state index contributed by atoms with van der Waals surface area (Å²) >= 11 is 0. The summed E-state index contributed by atoms with van der Waals surface area (Å²) < 4.78 is 5.46. The second-order valence-corrected chi connectivity index (χ2v) is 4.53. The highest BCUT2D eigenvalue weighted by Gasteiger charge is 2.31. The van der Waals surface area contributed by atoms with Crippen molar-refractivity contribution in [1.29, 1.82) is 0 Å². The van der Waals surface area contributed by atoms with Crippen LogP contribution in [0.1, 0.15) is 41.5 Å². The molecule has 0 radical (unpaired) electrons. The Morgan fingerprint density at radius 3 is 2.76 bits per heavy atom. The maximum atomic E-state index is 12.0. The fourth-order valence-corrected chi connectivity index (χ4v) is 2.20. The van der Waals surface area contributed by atoms with Gasteiger partial charge in [-0.25, -0.2) is 0 Å². The third-order valence-electron chi connectivity index (χ3n) is 3.19. The number of hydrogen-bond acceptors (Lipinski definition) is 3. The Bertz CT molecular complexity index is 388. The Labute approximate surface area is 101 Å². The van der Waals surface area contributed by atoms with Crippen molar-refractivity contribution in [3.05, 3.63) is 17.0 Å².